The predicted molar refractivity (Wildman–Crippen MR) is 77.2 cm³/mol. The van der Waals surface area contributed by atoms with Crippen LogP contribution in [0.25, 0.3) is 11.0 Å². The molecule has 3 rings (SSSR count). The maximum absolute atomic E-state index is 11.7. The molecule has 0 spiro atoms. The van der Waals surface area contributed by atoms with Crippen LogP contribution in [0.3, 0.4) is 0 Å². The largest absolute Gasteiger partial charge is 0.417 e. The average Bonchev–Trinajstić information content (AvgIpc) is 2.79. The minimum absolute atomic E-state index is 0.309. The van der Waals surface area contributed by atoms with Crippen LogP contribution in [0.15, 0.2) is 48.5 Å². The second-order valence-corrected chi connectivity index (χ2v) is 4.45. The SMILES string of the molecule is O=C(Nc1ccc2nc(Cl)[nH]c2c1)Oc1ccccc1. The molecule has 0 aliphatic carbocycles. The van der Waals surface area contributed by atoms with Crippen LogP contribution in [-0.2, 0) is 0 Å². The van der Waals surface area contributed by atoms with Crippen molar-refractivity contribution in [2.75, 3.05) is 5.32 Å². The van der Waals surface area contributed by atoms with Crippen molar-refractivity contribution in [2.45, 2.75) is 0 Å². The Balaban J connectivity index is 1.74. The van der Waals surface area contributed by atoms with Crippen molar-refractivity contribution in [2.24, 2.45) is 0 Å². The zero-order chi connectivity index (χ0) is 13.9. The molecule has 0 radical (unpaired) electrons. The number of amides is 1. The number of fused-ring (bicyclic) bond motifs is 1. The van der Waals surface area contributed by atoms with Crippen molar-refractivity contribution in [1.82, 2.24) is 9.97 Å². The normalized spacial score (nSPS) is 10.4. The van der Waals surface area contributed by atoms with Crippen molar-refractivity contribution in [1.29, 1.82) is 0 Å². The first-order chi connectivity index (χ1) is 9.70. The number of benzene rings is 2. The van der Waals surface area contributed by atoms with Crippen molar-refractivity contribution >= 4 is 34.4 Å². The highest BCUT2D eigenvalue weighted by Crippen LogP contribution is 2.19. The molecule has 100 valence electrons. The van der Waals surface area contributed by atoms with Gasteiger partial charge in [0.25, 0.3) is 0 Å². The van der Waals surface area contributed by atoms with E-state index in [-0.39, 0.29) is 0 Å². The minimum atomic E-state index is -0.554. The van der Waals surface area contributed by atoms with E-state index in [0.717, 1.165) is 11.0 Å². The molecule has 0 fully saturated rings. The lowest BCUT2D eigenvalue weighted by atomic mass is 10.3. The van der Waals surface area contributed by atoms with Crippen LogP contribution in [0.2, 0.25) is 5.28 Å². The van der Waals surface area contributed by atoms with Crippen molar-refractivity contribution in [3.05, 3.63) is 53.8 Å². The number of ether oxygens (including phenoxy) is 1. The Hall–Kier alpha value is -2.53. The molecule has 0 aliphatic rings. The number of imidazole rings is 1. The molecule has 1 heterocycles. The lowest BCUT2D eigenvalue weighted by Crippen LogP contribution is -2.16. The van der Waals surface area contributed by atoms with Crippen LogP contribution in [0.4, 0.5) is 10.5 Å². The van der Waals surface area contributed by atoms with E-state index in [2.05, 4.69) is 15.3 Å². The molecule has 0 aliphatic heterocycles. The third-order valence-electron chi connectivity index (χ3n) is 2.65. The molecule has 2 aromatic carbocycles. The molecule has 0 saturated carbocycles. The van der Waals surface area contributed by atoms with Crippen LogP contribution >= 0.6 is 11.6 Å². The predicted octanol–water partition coefficient (Wildman–Crippen LogP) is 3.83. The summed E-state index contributed by atoms with van der Waals surface area (Å²) in [5.41, 5.74) is 2.07. The lowest BCUT2D eigenvalue weighted by molar-refractivity contribution is 0.215. The second-order valence-electron chi connectivity index (χ2n) is 4.09. The highest BCUT2D eigenvalue weighted by molar-refractivity contribution is 6.29. The Labute approximate surface area is 119 Å². The number of carbonyl (C=O) groups excluding carboxylic acids is 1. The molecule has 0 unspecified atom stereocenters. The number of anilines is 1. The smallest absolute Gasteiger partial charge is 0.410 e. The van der Waals surface area contributed by atoms with Crippen LogP contribution in [-0.4, -0.2) is 16.1 Å². The van der Waals surface area contributed by atoms with Gasteiger partial charge in [-0.25, -0.2) is 9.78 Å². The summed E-state index contributed by atoms with van der Waals surface area (Å²) in [6.45, 7) is 0. The summed E-state index contributed by atoms with van der Waals surface area (Å²) < 4.78 is 5.13. The van der Waals surface area contributed by atoms with Gasteiger partial charge >= 0.3 is 6.09 Å². The Morgan fingerprint density at radius 1 is 1.20 bits per heavy atom. The quantitative estimate of drug-likeness (QED) is 0.753. The maximum atomic E-state index is 11.7. The monoisotopic (exact) mass is 287 g/mol. The number of hydrogen-bond donors (Lipinski definition) is 2. The van der Waals surface area contributed by atoms with Gasteiger partial charge in [-0.3, -0.25) is 5.32 Å². The first-order valence-electron chi connectivity index (χ1n) is 5.90. The average molecular weight is 288 g/mol. The van der Waals surface area contributed by atoms with Crippen LogP contribution in [0.1, 0.15) is 0 Å². The van der Waals surface area contributed by atoms with Gasteiger partial charge in [0.05, 0.1) is 11.0 Å². The fraction of sp³-hybridized carbons (Fsp3) is 0. The minimum Gasteiger partial charge on any atom is -0.410 e. The first kappa shape index (κ1) is 12.5. The highest BCUT2D eigenvalue weighted by Gasteiger charge is 2.07. The molecule has 0 saturated heterocycles. The number of carbonyl (C=O) groups is 1. The molecule has 0 bridgehead atoms. The molecule has 1 aromatic heterocycles. The molecular weight excluding hydrogens is 278 g/mol. The van der Waals surface area contributed by atoms with Gasteiger partial charge in [-0.05, 0) is 41.9 Å². The van der Waals surface area contributed by atoms with E-state index in [1.165, 1.54) is 0 Å². The molecule has 0 atom stereocenters. The van der Waals surface area contributed by atoms with E-state index in [9.17, 15) is 4.79 Å². The van der Waals surface area contributed by atoms with Gasteiger partial charge in [-0.2, -0.15) is 0 Å². The first-order valence-corrected chi connectivity index (χ1v) is 6.28. The fourth-order valence-electron chi connectivity index (χ4n) is 1.80. The number of aromatic nitrogens is 2. The third-order valence-corrected chi connectivity index (χ3v) is 2.83. The number of aromatic amines is 1. The number of para-hydroxylation sites is 1. The van der Waals surface area contributed by atoms with Gasteiger partial charge in [-0.15, -0.1) is 0 Å². The summed E-state index contributed by atoms with van der Waals surface area (Å²) in [6, 6.07) is 14.1. The summed E-state index contributed by atoms with van der Waals surface area (Å²) in [5.74, 6) is 0.482. The fourth-order valence-corrected chi connectivity index (χ4v) is 1.99. The Kier molecular flexibility index (Phi) is 3.26. The molecule has 2 N–H and O–H groups in total. The van der Waals surface area contributed by atoms with Gasteiger partial charge in [0.15, 0.2) is 0 Å². The number of rotatable bonds is 2. The topological polar surface area (TPSA) is 67.0 Å². The number of halogens is 1. The standard InChI is InChI=1S/C14H10ClN3O2/c15-13-17-11-7-6-9(8-12(11)18-13)16-14(19)20-10-4-2-1-3-5-10/h1-8H,(H,16,19)(H,17,18). The van der Waals surface area contributed by atoms with Crippen molar-refractivity contribution in [3.8, 4) is 5.75 Å². The molecule has 5 nitrogen and oxygen atoms in total. The summed E-state index contributed by atoms with van der Waals surface area (Å²) in [4.78, 5) is 18.7. The van der Waals surface area contributed by atoms with Gasteiger partial charge in [0, 0.05) is 5.69 Å². The third kappa shape index (κ3) is 2.73. The Morgan fingerprint density at radius 2 is 2.00 bits per heavy atom. The highest BCUT2D eigenvalue weighted by atomic mass is 35.5. The van der Waals surface area contributed by atoms with Gasteiger partial charge in [0.2, 0.25) is 5.28 Å². The van der Waals surface area contributed by atoms with Gasteiger partial charge in [0.1, 0.15) is 5.75 Å². The molecular formula is C14H10ClN3O2. The van der Waals surface area contributed by atoms with Gasteiger partial charge in [-0.1, -0.05) is 18.2 Å². The van der Waals surface area contributed by atoms with Crippen LogP contribution < -0.4 is 10.1 Å². The number of H-pyrrole nitrogens is 1. The summed E-state index contributed by atoms with van der Waals surface area (Å²) in [7, 11) is 0. The molecule has 3 aromatic rings. The van der Waals surface area contributed by atoms with E-state index in [1.54, 1.807) is 42.5 Å². The Morgan fingerprint density at radius 3 is 2.80 bits per heavy atom. The van der Waals surface area contributed by atoms with Gasteiger partial charge < -0.3 is 9.72 Å². The number of nitrogens with zero attached hydrogens (tertiary/aromatic N) is 1. The van der Waals surface area contributed by atoms with E-state index in [0.29, 0.717) is 16.7 Å². The molecule has 6 heteroatoms. The van der Waals surface area contributed by atoms with E-state index >= 15 is 0 Å². The van der Waals surface area contributed by atoms with E-state index in [1.807, 2.05) is 6.07 Å². The second kappa shape index (κ2) is 5.22. The van der Waals surface area contributed by atoms with Crippen LogP contribution in [0, 0.1) is 0 Å². The zero-order valence-electron chi connectivity index (χ0n) is 10.3. The summed E-state index contributed by atoms with van der Waals surface area (Å²) >= 11 is 5.77. The Bertz CT molecular complexity index is 755. The molecule has 20 heavy (non-hydrogen) atoms. The molecule has 1 amide bonds. The van der Waals surface area contributed by atoms with E-state index < -0.39 is 6.09 Å². The van der Waals surface area contributed by atoms with Crippen LogP contribution in [0.5, 0.6) is 5.75 Å². The zero-order valence-corrected chi connectivity index (χ0v) is 11.0. The summed E-state index contributed by atoms with van der Waals surface area (Å²) in [5, 5.41) is 2.95. The summed E-state index contributed by atoms with van der Waals surface area (Å²) in [6.07, 6.45) is -0.554. The maximum Gasteiger partial charge on any atom is 0.417 e. The lowest BCUT2D eigenvalue weighted by Gasteiger charge is -2.06. The van der Waals surface area contributed by atoms with E-state index in [4.69, 9.17) is 16.3 Å². The van der Waals surface area contributed by atoms with Crippen molar-refractivity contribution < 1.29 is 9.53 Å². The number of hydrogen-bond acceptors (Lipinski definition) is 3. The number of nitrogens with one attached hydrogen (secondary N) is 2. The van der Waals surface area contributed by atoms with Crippen molar-refractivity contribution in [3.63, 3.8) is 0 Å².